The van der Waals surface area contributed by atoms with Gasteiger partial charge in [-0.05, 0) is 39.2 Å². The second-order valence-electron chi connectivity index (χ2n) is 11.1. The number of carboxylic acids is 2. The van der Waals surface area contributed by atoms with E-state index in [-0.39, 0.29) is 25.7 Å². The van der Waals surface area contributed by atoms with Gasteiger partial charge in [-0.15, -0.1) is 0 Å². The monoisotopic (exact) mass is 698 g/mol. The lowest BCUT2D eigenvalue weighted by Gasteiger charge is -2.25. The number of hydrogen-bond donors (Lipinski definition) is 12. The fraction of sp³-hybridized carbons (Fsp3) is 0.607. The van der Waals surface area contributed by atoms with Crippen molar-refractivity contribution in [1.82, 2.24) is 36.6 Å². The number of unbranched alkanes of at least 4 members (excludes halogenated alkanes) is 1. The molecule has 0 saturated heterocycles. The van der Waals surface area contributed by atoms with Crippen molar-refractivity contribution in [2.45, 2.75) is 94.5 Å². The van der Waals surface area contributed by atoms with Crippen molar-refractivity contribution in [3.8, 4) is 0 Å². The second-order valence-corrected chi connectivity index (χ2v) is 11.1. The average molecular weight is 699 g/mol. The summed E-state index contributed by atoms with van der Waals surface area (Å²) in [6.45, 7) is 0.687. The second kappa shape index (κ2) is 21.7. The number of nitrogens with zero attached hydrogens (tertiary/aromatic N) is 1. The molecule has 0 saturated carbocycles. The molecule has 21 heteroatoms. The molecule has 1 aromatic heterocycles. The molecule has 1 aromatic rings. The standard InChI is InChI=1S/C28H46N10O11/c1-14(34-25(45)17(5-7-21(31)40)35-24(44)16(30)4-2-3-9-29)23(43)37-19(10-15-11-32-13-33-15)27(47)36-18(6-8-22(41)42)26(46)38-20(12-39)28(48)49/h11,13-14,16-20,39H,2-10,12,29-30H2,1H3,(H2,31,40)(H,32,33)(H,34,45)(H,35,44)(H,36,47)(H,37,43)(H,38,46)(H,41,42)(H,48,49)/t14-,16-,17-,18-,19-,20-/m0/s1. The Kier molecular flexibility index (Phi) is 18.5. The van der Waals surface area contributed by atoms with E-state index in [1.54, 1.807) is 0 Å². The van der Waals surface area contributed by atoms with Crippen LogP contribution in [0.2, 0.25) is 0 Å². The van der Waals surface area contributed by atoms with E-state index in [0.717, 1.165) is 0 Å². The highest BCUT2D eigenvalue weighted by Gasteiger charge is 2.32. The molecule has 0 aromatic carbocycles. The van der Waals surface area contributed by atoms with Crippen LogP contribution in [0.15, 0.2) is 12.5 Å². The van der Waals surface area contributed by atoms with Gasteiger partial charge in [0.1, 0.15) is 30.2 Å². The number of nitrogens with one attached hydrogen (secondary N) is 6. The van der Waals surface area contributed by atoms with Crippen molar-refractivity contribution in [3.63, 3.8) is 0 Å². The number of aliphatic carboxylic acids is 2. The van der Waals surface area contributed by atoms with E-state index in [0.29, 0.717) is 25.1 Å². The van der Waals surface area contributed by atoms with Crippen LogP contribution >= 0.6 is 0 Å². The molecule has 0 fully saturated rings. The number of aromatic amines is 1. The molecule has 274 valence electrons. The maximum absolute atomic E-state index is 13.4. The van der Waals surface area contributed by atoms with Crippen LogP contribution in [-0.2, 0) is 44.8 Å². The number of H-pyrrole nitrogens is 1. The molecule has 0 bridgehead atoms. The van der Waals surface area contributed by atoms with E-state index in [9.17, 15) is 43.5 Å². The number of primary amides is 1. The Morgan fingerprint density at radius 2 is 1.33 bits per heavy atom. The summed E-state index contributed by atoms with van der Waals surface area (Å²) in [7, 11) is 0. The van der Waals surface area contributed by atoms with Crippen molar-refractivity contribution in [1.29, 1.82) is 0 Å². The highest BCUT2D eigenvalue weighted by Crippen LogP contribution is 2.06. The van der Waals surface area contributed by atoms with Crippen LogP contribution in [0.1, 0.15) is 57.6 Å². The van der Waals surface area contributed by atoms with E-state index in [1.807, 2.05) is 5.32 Å². The fourth-order valence-electron chi connectivity index (χ4n) is 4.24. The predicted octanol–water partition coefficient (Wildman–Crippen LogP) is -4.94. The number of amides is 6. The van der Waals surface area contributed by atoms with Gasteiger partial charge in [0, 0.05) is 31.2 Å². The van der Waals surface area contributed by atoms with Crippen LogP contribution in [-0.4, -0.2) is 122 Å². The summed E-state index contributed by atoms with van der Waals surface area (Å²) in [4.78, 5) is 106. The summed E-state index contributed by atoms with van der Waals surface area (Å²) in [5.74, 6) is -8.18. The van der Waals surface area contributed by atoms with Crippen LogP contribution in [0.25, 0.3) is 0 Å². The van der Waals surface area contributed by atoms with E-state index >= 15 is 0 Å². The first-order valence-corrected chi connectivity index (χ1v) is 15.4. The molecule has 0 spiro atoms. The molecule has 0 aliphatic heterocycles. The zero-order valence-electron chi connectivity index (χ0n) is 27.0. The molecule has 0 aliphatic rings. The summed E-state index contributed by atoms with van der Waals surface area (Å²) in [5.41, 5.74) is 16.9. The number of aliphatic hydroxyl groups excluding tert-OH is 1. The Hall–Kier alpha value is -5.15. The third-order valence-corrected chi connectivity index (χ3v) is 7.06. The molecule has 0 radical (unpaired) electrons. The highest BCUT2D eigenvalue weighted by molar-refractivity contribution is 5.96. The van der Waals surface area contributed by atoms with Crippen LogP contribution in [0.5, 0.6) is 0 Å². The van der Waals surface area contributed by atoms with Crippen LogP contribution in [0.3, 0.4) is 0 Å². The molecular weight excluding hydrogens is 652 g/mol. The van der Waals surface area contributed by atoms with Gasteiger partial charge >= 0.3 is 11.9 Å². The summed E-state index contributed by atoms with van der Waals surface area (Å²) < 4.78 is 0. The third kappa shape index (κ3) is 16.0. The number of aliphatic hydroxyl groups is 1. The van der Waals surface area contributed by atoms with Gasteiger partial charge in [0.05, 0.1) is 19.0 Å². The van der Waals surface area contributed by atoms with E-state index in [4.69, 9.17) is 27.4 Å². The number of carbonyl (C=O) groups excluding carboxylic acids is 6. The molecule has 6 amide bonds. The SMILES string of the molecule is C[C@H](NC(=O)[C@H](CCC(N)=O)NC(=O)[C@@H](N)CCCCN)C(=O)N[C@@H](Cc1cnc[nH]1)C(=O)N[C@@H](CCC(=O)O)C(=O)N[C@@H](CO)C(=O)O. The lowest BCUT2D eigenvalue weighted by molar-refractivity contribution is -0.144. The van der Waals surface area contributed by atoms with Gasteiger partial charge in [0.2, 0.25) is 35.4 Å². The van der Waals surface area contributed by atoms with E-state index in [2.05, 4.69) is 31.2 Å². The van der Waals surface area contributed by atoms with Crippen molar-refractivity contribution >= 4 is 47.4 Å². The lowest BCUT2D eigenvalue weighted by atomic mass is 10.1. The molecule has 15 N–H and O–H groups in total. The molecule has 49 heavy (non-hydrogen) atoms. The number of carboxylic acid groups (broad SMARTS) is 2. The Labute approximate surface area is 280 Å². The quantitative estimate of drug-likeness (QED) is 0.0450. The van der Waals surface area contributed by atoms with Crippen LogP contribution < -0.4 is 43.8 Å². The number of nitrogens with two attached hydrogens (primary N) is 3. The summed E-state index contributed by atoms with van der Waals surface area (Å²) in [6.07, 6.45) is 2.32. The number of imidazole rings is 1. The maximum Gasteiger partial charge on any atom is 0.328 e. The van der Waals surface area contributed by atoms with Crippen molar-refractivity contribution in [2.75, 3.05) is 13.2 Å². The van der Waals surface area contributed by atoms with Gasteiger partial charge in [-0.1, -0.05) is 6.42 Å². The Morgan fingerprint density at radius 1 is 0.776 bits per heavy atom. The molecule has 0 aliphatic carbocycles. The zero-order valence-corrected chi connectivity index (χ0v) is 27.0. The van der Waals surface area contributed by atoms with Gasteiger partial charge in [-0.3, -0.25) is 33.6 Å². The number of carbonyl (C=O) groups is 8. The van der Waals surface area contributed by atoms with Crippen molar-refractivity contribution in [2.24, 2.45) is 17.2 Å². The number of hydrogen-bond acceptors (Lipinski definition) is 12. The largest absolute Gasteiger partial charge is 0.481 e. The van der Waals surface area contributed by atoms with Crippen molar-refractivity contribution < 1.29 is 53.7 Å². The predicted molar refractivity (Wildman–Crippen MR) is 169 cm³/mol. The molecule has 1 rings (SSSR count). The number of rotatable bonds is 24. The smallest absolute Gasteiger partial charge is 0.328 e. The zero-order chi connectivity index (χ0) is 37.1. The minimum absolute atomic E-state index is 0.208. The lowest BCUT2D eigenvalue weighted by Crippen LogP contribution is -2.59. The first-order chi connectivity index (χ1) is 23.1. The molecule has 1 heterocycles. The van der Waals surface area contributed by atoms with Gasteiger partial charge in [-0.25, -0.2) is 9.78 Å². The van der Waals surface area contributed by atoms with Crippen LogP contribution in [0.4, 0.5) is 0 Å². The first-order valence-electron chi connectivity index (χ1n) is 15.4. The van der Waals surface area contributed by atoms with Gasteiger partial charge in [0.15, 0.2) is 0 Å². The third-order valence-electron chi connectivity index (χ3n) is 7.06. The summed E-state index contributed by atoms with van der Waals surface area (Å²) in [6, 6.07) is -8.39. The topological polar surface area (TPSA) is 364 Å². The van der Waals surface area contributed by atoms with Gasteiger partial charge in [-0.2, -0.15) is 0 Å². The molecule has 0 unspecified atom stereocenters. The normalized spacial score (nSPS) is 14.5. The average Bonchev–Trinajstić information content (AvgIpc) is 3.55. The van der Waals surface area contributed by atoms with Crippen molar-refractivity contribution in [3.05, 3.63) is 18.2 Å². The van der Waals surface area contributed by atoms with E-state index in [1.165, 1.54) is 19.4 Å². The summed E-state index contributed by atoms with van der Waals surface area (Å²) >= 11 is 0. The molecule has 21 nitrogen and oxygen atoms in total. The maximum atomic E-state index is 13.4. The highest BCUT2D eigenvalue weighted by atomic mass is 16.4. The Bertz CT molecular complexity index is 1290. The van der Waals surface area contributed by atoms with Gasteiger partial charge < -0.3 is 64.1 Å². The minimum atomic E-state index is -1.75. The first kappa shape index (κ1) is 41.9. The van der Waals surface area contributed by atoms with Gasteiger partial charge in [0.25, 0.3) is 0 Å². The van der Waals surface area contributed by atoms with E-state index < -0.39 is 103 Å². The van der Waals surface area contributed by atoms with Crippen LogP contribution in [0, 0.1) is 0 Å². The fourth-order valence-corrected chi connectivity index (χ4v) is 4.24. The minimum Gasteiger partial charge on any atom is -0.481 e. The Balaban J connectivity index is 3.12. The number of aromatic nitrogens is 2. The Morgan fingerprint density at radius 3 is 1.86 bits per heavy atom. The molecular formula is C28H46N10O11. The summed E-state index contributed by atoms with van der Waals surface area (Å²) in [5, 5.41) is 39.1. The molecule has 6 atom stereocenters.